The summed E-state index contributed by atoms with van der Waals surface area (Å²) in [5.41, 5.74) is 3.79. The van der Waals surface area contributed by atoms with Crippen LogP contribution in [0.3, 0.4) is 0 Å². The minimum Gasteiger partial charge on any atom is -0.309 e. The minimum absolute atomic E-state index is 0.159. The first kappa shape index (κ1) is 19.8. The van der Waals surface area contributed by atoms with E-state index in [1.165, 1.54) is 21.9 Å². The highest BCUT2D eigenvalue weighted by molar-refractivity contribution is 5.87. The third kappa shape index (κ3) is 4.26. The van der Waals surface area contributed by atoms with Gasteiger partial charge < -0.3 is 4.90 Å². The van der Waals surface area contributed by atoms with Gasteiger partial charge in [-0.25, -0.2) is 0 Å². The molecule has 29 heavy (non-hydrogen) atoms. The lowest BCUT2D eigenvalue weighted by Crippen LogP contribution is -2.41. The molecule has 150 valence electrons. The standard InChI is InChI=1S/C26H30N2O/c1-18(29)25(22-14-12-19-8-4-5-10-21(19)16-22)27-26-23(17-28(2)3)15-13-20-9-6-7-11-24(20)26/h4-12,14,16,23,25-27H,13,15,17H2,1-3H3. The summed E-state index contributed by atoms with van der Waals surface area (Å²) < 4.78 is 0. The van der Waals surface area contributed by atoms with E-state index >= 15 is 0 Å². The molecule has 3 nitrogen and oxygen atoms in total. The molecule has 0 spiro atoms. The van der Waals surface area contributed by atoms with Gasteiger partial charge in [-0.15, -0.1) is 0 Å². The first-order valence-electron chi connectivity index (χ1n) is 10.5. The van der Waals surface area contributed by atoms with E-state index in [-0.39, 0.29) is 17.9 Å². The summed E-state index contributed by atoms with van der Waals surface area (Å²) in [5, 5.41) is 6.15. The van der Waals surface area contributed by atoms with Crippen LogP contribution in [0.25, 0.3) is 10.8 Å². The molecule has 3 unspecified atom stereocenters. The van der Waals surface area contributed by atoms with E-state index in [4.69, 9.17) is 0 Å². The molecule has 0 heterocycles. The van der Waals surface area contributed by atoms with Crippen LogP contribution >= 0.6 is 0 Å². The molecule has 0 amide bonds. The fourth-order valence-corrected chi connectivity index (χ4v) is 4.73. The van der Waals surface area contributed by atoms with Crippen LogP contribution in [0.1, 0.15) is 42.1 Å². The predicted octanol–water partition coefficient (Wildman–Crippen LogP) is 4.92. The summed E-state index contributed by atoms with van der Waals surface area (Å²) >= 11 is 0. The Morgan fingerprint density at radius 3 is 2.52 bits per heavy atom. The van der Waals surface area contributed by atoms with Crippen LogP contribution in [0.4, 0.5) is 0 Å². The molecule has 3 atom stereocenters. The Hall–Kier alpha value is -2.49. The highest BCUT2D eigenvalue weighted by Crippen LogP contribution is 2.37. The zero-order chi connectivity index (χ0) is 20.4. The van der Waals surface area contributed by atoms with Gasteiger partial charge >= 0.3 is 0 Å². The molecule has 3 aromatic carbocycles. The molecular weight excluding hydrogens is 356 g/mol. The van der Waals surface area contributed by atoms with Gasteiger partial charge in [0.1, 0.15) is 0 Å². The van der Waals surface area contributed by atoms with Crippen molar-refractivity contribution in [3.8, 4) is 0 Å². The maximum Gasteiger partial charge on any atom is 0.151 e. The number of ketones is 1. The van der Waals surface area contributed by atoms with Crippen molar-refractivity contribution in [1.82, 2.24) is 10.2 Å². The summed E-state index contributed by atoms with van der Waals surface area (Å²) in [6.07, 6.45) is 2.24. The molecule has 4 rings (SSSR count). The first-order valence-corrected chi connectivity index (χ1v) is 10.5. The van der Waals surface area contributed by atoms with Crippen LogP contribution in [0, 0.1) is 5.92 Å². The van der Waals surface area contributed by atoms with Gasteiger partial charge in [-0.2, -0.15) is 0 Å². The maximum atomic E-state index is 12.7. The van der Waals surface area contributed by atoms with E-state index in [0.29, 0.717) is 5.92 Å². The van der Waals surface area contributed by atoms with Crippen molar-refractivity contribution in [2.75, 3.05) is 20.6 Å². The Balaban J connectivity index is 1.70. The predicted molar refractivity (Wildman–Crippen MR) is 120 cm³/mol. The Morgan fingerprint density at radius 2 is 1.76 bits per heavy atom. The number of hydrogen-bond donors (Lipinski definition) is 1. The molecular formula is C26H30N2O. The summed E-state index contributed by atoms with van der Waals surface area (Å²) in [7, 11) is 4.26. The normalized spacial score (nSPS) is 19.9. The van der Waals surface area contributed by atoms with Crippen molar-refractivity contribution < 1.29 is 4.79 Å². The number of carbonyl (C=O) groups excluding carboxylic acids is 1. The highest BCUT2D eigenvalue weighted by atomic mass is 16.1. The molecule has 1 N–H and O–H groups in total. The van der Waals surface area contributed by atoms with Crippen molar-refractivity contribution in [3.63, 3.8) is 0 Å². The van der Waals surface area contributed by atoms with E-state index in [1.807, 2.05) is 12.1 Å². The van der Waals surface area contributed by atoms with Gasteiger partial charge in [-0.3, -0.25) is 10.1 Å². The van der Waals surface area contributed by atoms with Crippen LogP contribution in [0.2, 0.25) is 0 Å². The van der Waals surface area contributed by atoms with Gasteiger partial charge in [-0.05, 0) is 73.3 Å². The molecule has 1 aliphatic rings. The number of hydrogen-bond acceptors (Lipinski definition) is 3. The second kappa shape index (κ2) is 8.48. The van der Waals surface area contributed by atoms with Gasteiger partial charge in [0.15, 0.2) is 5.78 Å². The third-order valence-electron chi connectivity index (χ3n) is 6.11. The number of fused-ring (bicyclic) bond motifs is 2. The van der Waals surface area contributed by atoms with Gasteiger partial charge in [-0.1, -0.05) is 60.7 Å². The third-order valence-corrected chi connectivity index (χ3v) is 6.11. The van der Waals surface area contributed by atoms with Crippen molar-refractivity contribution in [1.29, 1.82) is 0 Å². The largest absolute Gasteiger partial charge is 0.309 e. The Labute approximate surface area is 173 Å². The zero-order valence-electron chi connectivity index (χ0n) is 17.6. The summed E-state index contributed by atoms with van der Waals surface area (Å²) in [6, 6.07) is 23.2. The van der Waals surface area contributed by atoms with E-state index in [0.717, 1.165) is 24.9 Å². The molecule has 0 aromatic heterocycles. The number of rotatable bonds is 6. The minimum atomic E-state index is -0.305. The molecule has 0 saturated carbocycles. The van der Waals surface area contributed by atoms with E-state index in [2.05, 4.69) is 78.9 Å². The quantitative estimate of drug-likeness (QED) is 0.652. The Morgan fingerprint density at radius 1 is 1.03 bits per heavy atom. The second-order valence-electron chi connectivity index (χ2n) is 8.55. The highest BCUT2D eigenvalue weighted by Gasteiger charge is 2.32. The fraction of sp³-hybridized carbons (Fsp3) is 0.346. The number of nitrogens with one attached hydrogen (secondary N) is 1. The van der Waals surface area contributed by atoms with Crippen LogP contribution in [0.15, 0.2) is 66.7 Å². The number of benzene rings is 3. The summed E-state index contributed by atoms with van der Waals surface area (Å²) in [5.74, 6) is 0.633. The monoisotopic (exact) mass is 386 g/mol. The molecule has 0 bridgehead atoms. The molecule has 3 heteroatoms. The van der Waals surface area contributed by atoms with Gasteiger partial charge in [0, 0.05) is 12.6 Å². The summed E-state index contributed by atoms with van der Waals surface area (Å²) in [6.45, 7) is 2.71. The van der Waals surface area contributed by atoms with Crippen molar-refractivity contribution in [2.24, 2.45) is 5.92 Å². The van der Waals surface area contributed by atoms with Gasteiger partial charge in [0.25, 0.3) is 0 Å². The van der Waals surface area contributed by atoms with Crippen molar-refractivity contribution in [3.05, 3.63) is 83.4 Å². The van der Waals surface area contributed by atoms with Crippen LogP contribution in [-0.4, -0.2) is 31.3 Å². The zero-order valence-corrected chi connectivity index (χ0v) is 17.6. The van der Waals surface area contributed by atoms with Gasteiger partial charge in [0.05, 0.1) is 6.04 Å². The van der Waals surface area contributed by atoms with Crippen LogP contribution < -0.4 is 5.32 Å². The number of Topliss-reactive ketones (excluding diaryl/α,β-unsaturated/α-hetero) is 1. The Bertz CT molecular complexity index is 1010. The number of nitrogens with zero attached hydrogens (tertiary/aromatic N) is 1. The molecule has 3 aromatic rings. The molecule has 0 fully saturated rings. The van der Waals surface area contributed by atoms with E-state index in [1.54, 1.807) is 6.92 Å². The lowest BCUT2D eigenvalue weighted by atomic mass is 9.78. The summed E-state index contributed by atoms with van der Waals surface area (Å²) in [4.78, 5) is 15.0. The SMILES string of the molecule is CC(=O)C(NC1c2ccccc2CCC1CN(C)C)c1ccc2ccccc2c1. The smallest absolute Gasteiger partial charge is 0.151 e. The average Bonchev–Trinajstić information content (AvgIpc) is 2.72. The van der Waals surface area contributed by atoms with Crippen LogP contribution in [-0.2, 0) is 11.2 Å². The van der Waals surface area contributed by atoms with Crippen LogP contribution in [0.5, 0.6) is 0 Å². The van der Waals surface area contributed by atoms with Crippen molar-refractivity contribution >= 4 is 16.6 Å². The number of aryl methyl sites for hydroxylation is 1. The van der Waals surface area contributed by atoms with Crippen molar-refractivity contribution in [2.45, 2.75) is 31.8 Å². The van der Waals surface area contributed by atoms with E-state index in [9.17, 15) is 4.79 Å². The molecule has 0 saturated heterocycles. The maximum absolute atomic E-state index is 12.7. The fourth-order valence-electron chi connectivity index (χ4n) is 4.73. The molecule has 0 aliphatic heterocycles. The lowest BCUT2D eigenvalue weighted by molar-refractivity contribution is -0.119. The number of carbonyl (C=O) groups is 1. The lowest BCUT2D eigenvalue weighted by Gasteiger charge is -2.38. The average molecular weight is 387 g/mol. The first-order chi connectivity index (χ1) is 14.0. The second-order valence-corrected chi connectivity index (χ2v) is 8.55. The molecule has 0 radical (unpaired) electrons. The molecule has 1 aliphatic carbocycles. The Kier molecular flexibility index (Phi) is 5.79. The van der Waals surface area contributed by atoms with E-state index < -0.39 is 0 Å². The van der Waals surface area contributed by atoms with Gasteiger partial charge in [0.2, 0.25) is 0 Å². The topological polar surface area (TPSA) is 32.3 Å².